The molecule has 0 aliphatic heterocycles. The third kappa shape index (κ3) is 3.29. The number of nitrogens with zero attached hydrogens (tertiary/aromatic N) is 2. The normalized spacial score (nSPS) is 10.6. The Morgan fingerprint density at radius 3 is 2.62 bits per heavy atom. The number of aryl methyl sites for hydroxylation is 1. The van der Waals surface area contributed by atoms with Gasteiger partial charge in [-0.1, -0.05) is 6.92 Å². The summed E-state index contributed by atoms with van der Waals surface area (Å²) in [5, 5.41) is 0. The van der Waals surface area contributed by atoms with Gasteiger partial charge in [-0.2, -0.15) is 0 Å². The van der Waals surface area contributed by atoms with E-state index in [-0.39, 0.29) is 23.6 Å². The lowest BCUT2D eigenvalue weighted by molar-refractivity contribution is 0.0465. The number of esters is 1. The first-order valence-electron chi connectivity index (χ1n) is 7.31. The molecule has 3 N–H and O–H groups in total. The summed E-state index contributed by atoms with van der Waals surface area (Å²) in [6.45, 7) is 1.42. The number of Topliss-reactive ketones (excluding diaryl/α,β-unsaturated/α-hetero) is 1. The van der Waals surface area contributed by atoms with Crippen LogP contribution in [0.2, 0.25) is 0 Å². The first-order chi connectivity index (χ1) is 11.4. The van der Waals surface area contributed by atoms with Crippen LogP contribution in [0.5, 0.6) is 0 Å². The number of carbonyl (C=O) groups excluding carboxylic acids is 2. The molecule has 0 radical (unpaired) electrons. The standard InChI is InChI=1S/C15H18N4O5/c1-3-6-19-12(16)11(13(21)17-15(19)23)10(20)8-24-14(22)9-5-4-7-18(9)2/h4-5,7H,3,6,8,16H2,1-2H3,(H,17,21,23). The van der Waals surface area contributed by atoms with Gasteiger partial charge in [0, 0.05) is 19.8 Å². The van der Waals surface area contributed by atoms with Gasteiger partial charge in [0.25, 0.3) is 5.56 Å². The molecular weight excluding hydrogens is 316 g/mol. The number of H-pyrrole nitrogens is 1. The maximum atomic E-state index is 12.2. The highest BCUT2D eigenvalue weighted by atomic mass is 16.5. The van der Waals surface area contributed by atoms with Crippen molar-refractivity contribution < 1.29 is 14.3 Å². The molecule has 128 valence electrons. The summed E-state index contributed by atoms with van der Waals surface area (Å²) < 4.78 is 7.56. The number of hydrogen-bond donors (Lipinski definition) is 2. The van der Waals surface area contributed by atoms with E-state index in [4.69, 9.17) is 10.5 Å². The molecule has 0 spiro atoms. The van der Waals surface area contributed by atoms with Gasteiger partial charge in [-0.3, -0.25) is 19.1 Å². The van der Waals surface area contributed by atoms with Crippen LogP contribution in [-0.4, -0.2) is 32.5 Å². The fourth-order valence-corrected chi connectivity index (χ4v) is 2.25. The SMILES string of the molecule is CCCn1c(N)c(C(=O)COC(=O)c2cccn2C)c(=O)[nH]c1=O. The van der Waals surface area contributed by atoms with E-state index in [1.54, 1.807) is 19.3 Å². The zero-order valence-electron chi connectivity index (χ0n) is 13.4. The summed E-state index contributed by atoms with van der Waals surface area (Å²) in [5.74, 6) is -1.71. The molecule has 0 unspecified atom stereocenters. The van der Waals surface area contributed by atoms with Crippen molar-refractivity contribution in [2.75, 3.05) is 12.3 Å². The Labute approximate surface area is 136 Å². The lowest BCUT2D eigenvalue weighted by atomic mass is 10.2. The van der Waals surface area contributed by atoms with Gasteiger partial charge >= 0.3 is 11.7 Å². The highest BCUT2D eigenvalue weighted by Crippen LogP contribution is 2.07. The zero-order chi connectivity index (χ0) is 17.9. The van der Waals surface area contributed by atoms with E-state index >= 15 is 0 Å². The zero-order valence-corrected chi connectivity index (χ0v) is 13.4. The number of aromatic amines is 1. The molecule has 2 heterocycles. The minimum atomic E-state index is -0.898. The first-order valence-corrected chi connectivity index (χ1v) is 7.31. The van der Waals surface area contributed by atoms with Gasteiger partial charge in [0.2, 0.25) is 5.78 Å². The molecule has 2 aromatic rings. The highest BCUT2D eigenvalue weighted by Gasteiger charge is 2.21. The predicted octanol–water partition coefficient (Wildman–Crippen LogP) is -0.0930. The lowest BCUT2D eigenvalue weighted by Crippen LogP contribution is -2.37. The summed E-state index contributed by atoms with van der Waals surface area (Å²) in [7, 11) is 1.65. The van der Waals surface area contributed by atoms with E-state index in [0.717, 1.165) is 4.57 Å². The Balaban J connectivity index is 2.23. The quantitative estimate of drug-likeness (QED) is 0.561. The Kier molecular flexibility index (Phi) is 5.02. The molecule has 0 aliphatic rings. The number of carbonyl (C=O) groups is 2. The smallest absolute Gasteiger partial charge is 0.355 e. The van der Waals surface area contributed by atoms with Gasteiger partial charge < -0.3 is 15.0 Å². The monoisotopic (exact) mass is 334 g/mol. The number of aromatic nitrogens is 3. The second kappa shape index (κ2) is 6.99. The average molecular weight is 334 g/mol. The number of nitrogens with one attached hydrogen (secondary N) is 1. The van der Waals surface area contributed by atoms with Gasteiger partial charge in [0.15, 0.2) is 6.61 Å². The molecule has 0 bridgehead atoms. The van der Waals surface area contributed by atoms with Crippen molar-refractivity contribution in [2.45, 2.75) is 19.9 Å². The third-order valence-electron chi connectivity index (χ3n) is 3.45. The van der Waals surface area contributed by atoms with Gasteiger partial charge in [-0.25, -0.2) is 9.59 Å². The molecule has 0 aliphatic carbocycles. The second-order valence-corrected chi connectivity index (χ2v) is 5.17. The molecular formula is C15H18N4O5. The van der Waals surface area contributed by atoms with Crippen LogP contribution in [0.4, 0.5) is 5.82 Å². The minimum absolute atomic E-state index is 0.231. The van der Waals surface area contributed by atoms with E-state index < -0.39 is 29.6 Å². The Bertz CT molecular complexity index is 890. The van der Waals surface area contributed by atoms with E-state index in [0.29, 0.717) is 6.42 Å². The number of nitrogen functional groups attached to an aromatic ring is 1. The summed E-state index contributed by atoms with van der Waals surface area (Å²) in [6.07, 6.45) is 2.24. The summed E-state index contributed by atoms with van der Waals surface area (Å²) in [6, 6.07) is 3.19. The summed E-state index contributed by atoms with van der Waals surface area (Å²) in [5.41, 5.74) is 4.07. The molecule has 0 saturated heterocycles. The van der Waals surface area contributed by atoms with Crippen molar-refractivity contribution in [3.8, 4) is 0 Å². The van der Waals surface area contributed by atoms with Crippen LogP contribution in [0.1, 0.15) is 34.2 Å². The molecule has 2 aromatic heterocycles. The number of ketones is 1. The largest absolute Gasteiger partial charge is 0.453 e. The molecule has 24 heavy (non-hydrogen) atoms. The Morgan fingerprint density at radius 1 is 1.33 bits per heavy atom. The molecule has 0 atom stereocenters. The fourth-order valence-electron chi connectivity index (χ4n) is 2.25. The van der Waals surface area contributed by atoms with Crippen LogP contribution in [0.25, 0.3) is 0 Å². The second-order valence-electron chi connectivity index (χ2n) is 5.17. The minimum Gasteiger partial charge on any atom is -0.453 e. The molecule has 9 heteroatoms. The van der Waals surface area contributed by atoms with Crippen LogP contribution >= 0.6 is 0 Å². The molecule has 9 nitrogen and oxygen atoms in total. The van der Waals surface area contributed by atoms with Gasteiger partial charge in [-0.15, -0.1) is 0 Å². The number of anilines is 1. The fraction of sp³-hybridized carbons (Fsp3) is 0.333. The van der Waals surface area contributed by atoms with E-state index in [1.807, 2.05) is 11.9 Å². The lowest BCUT2D eigenvalue weighted by Gasteiger charge is -2.11. The van der Waals surface area contributed by atoms with Crippen molar-refractivity contribution in [1.29, 1.82) is 0 Å². The number of ether oxygens (including phenoxy) is 1. The van der Waals surface area contributed by atoms with Crippen molar-refractivity contribution in [3.63, 3.8) is 0 Å². The third-order valence-corrected chi connectivity index (χ3v) is 3.45. The predicted molar refractivity (Wildman–Crippen MR) is 86.1 cm³/mol. The van der Waals surface area contributed by atoms with Crippen molar-refractivity contribution in [1.82, 2.24) is 14.1 Å². The van der Waals surface area contributed by atoms with E-state index in [9.17, 15) is 19.2 Å². The average Bonchev–Trinajstić information content (AvgIpc) is 2.95. The summed E-state index contributed by atoms with van der Waals surface area (Å²) >= 11 is 0. The van der Waals surface area contributed by atoms with E-state index in [2.05, 4.69) is 0 Å². The summed E-state index contributed by atoms with van der Waals surface area (Å²) in [4.78, 5) is 49.7. The van der Waals surface area contributed by atoms with Crippen molar-refractivity contribution >= 4 is 17.6 Å². The van der Waals surface area contributed by atoms with Crippen molar-refractivity contribution in [2.24, 2.45) is 7.05 Å². The number of hydrogen-bond acceptors (Lipinski definition) is 6. The maximum Gasteiger partial charge on any atom is 0.355 e. The molecule has 2 rings (SSSR count). The van der Waals surface area contributed by atoms with Crippen LogP contribution in [-0.2, 0) is 18.3 Å². The molecule has 0 aromatic carbocycles. The van der Waals surface area contributed by atoms with E-state index in [1.165, 1.54) is 10.6 Å². The topological polar surface area (TPSA) is 129 Å². The molecule has 0 fully saturated rings. The van der Waals surface area contributed by atoms with Crippen LogP contribution in [0, 0.1) is 0 Å². The van der Waals surface area contributed by atoms with Crippen LogP contribution in [0.15, 0.2) is 27.9 Å². The molecule has 0 amide bonds. The van der Waals surface area contributed by atoms with Gasteiger partial charge in [-0.05, 0) is 18.6 Å². The number of nitrogens with two attached hydrogens (primary N) is 1. The van der Waals surface area contributed by atoms with Gasteiger partial charge in [0.1, 0.15) is 17.1 Å². The first kappa shape index (κ1) is 17.3. The Hall–Kier alpha value is -3.10. The van der Waals surface area contributed by atoms with Gasteiger partial charge in [0.05, 0.1) is 0 Å². The van der Waals surface area contributed by atoms with Crippen LogP contribution in [0.3, 0.4) is 0 Å². The Morgan fingerprint density at radius 2 is 2.04 bits per heavy atom. The highest BCUT2D eigenvalue weighted by molar-refractivity contribution is 6.02. The van der Waals surface area contributed by atoms with Crippen LogP contribution < -0.4 is 17.0 Å². The maximum absolute atomic E-state index is 12.2. The molecule has 0 saturated carbocycles. The van der Waals surface area contributed by atoms with Crippen molar-refractivity contribution in [3.05, 3.63) is 50.4 Å². The number of rotatable bonds is 6.